The average Bonchev–Trinajstić information content (AvgIpc) is 2.79. The maximum atomic E-state index is 13.3. The molecule has 0 aromatic heterocycles. The Kier molecular flexibility index (Phi) is 5.65. The fraction of sp³-hybridized carbons (Fsp3) is 0.250. The van der Waals surface area contributed by atoms with Crippen molar-refractivity contribution in [2.75, 3.05) is 25.5 Å². The standard InChI is InChI=1S/C24H23FN2O3/c1-30-22-13-12-21(19-6-2-3-7-20(19)22)24(29)27-14-4-5-16(15-27)23(28)26-18-10-8-17(25)9-11-18/h2-3,6-13,16H,4-5,14-15H2,1H3,(H,26,28)/t16-/m1/s1. The first-order chi connectivity index (χ1) is 14.6. The Labute approximate surface area is 174 Å². The number of methoxy groups -OCH3 is 1. The summed E-state index contributed by atoms with van der Waals surface area (Å²) in [5, 5.41) is 4.54. The van der Waals surface area contributed by atoms with Crippen LogP contribution in [0.15, 0.2) is 60.7 Å². The summed E-state index contributed by atoms with van der Waals surface area (Å²) in [6.07, 6.45) is 1.46. The summed E-state index contributed by atoms with van der Waals surface area (Å²) in [6, 6.07) is 16.9. The second kappa shape index (κ2) is 8.53. The van der Waals surface area contributed by atoms with Gasteiger partial charge in [0.2, 0.25) is 5.91 Å². The number of benzene rings is 3. The smallest absolute Gasteiger partial charge is 0.254 e. The van der Waals surface area contributed by atoms with Crippen LogP contribution in [0.1, 0.15) is 23.2 Å². The lowest BCUT2D eigenvalue weighted by molar-refractivity contribution is -0.121. The molecule has 1 fully saturated rings. The van der Waals surface area contributed by atoms with Gasteiger partial charge in [0.25, 0.3) is 5.91 Å². The number of likely N-dealkylation sites (tertiary alicyclic amines) is 1. The van der Waals surface area contributed by atoms with Gasteiger partial charge in [-0.1, -0.05) is 24.3 Å². The van der Waals surface area contributed by atoms with E-state index in [9.17, 15) is 14.0 Å². The Bertz CT molecular complexity index is 1080. The highest BCUT2D eigenvalue weighted by Gasteiger charge is 2.29. The number of amides is 2. The van der Waals surface area contributed by atoms with Gasteiger partial charge < -0.3 is 15.0 Å². The first-order valence-electron chi connectivity index (χ1n) is 9.98. The van der Waals surface area contributed by atoms with Crippen LogP contribution in [-0.2, 0) is 4.79 Å². The van der Waals surface area contributed by atoms with Crippen molar-refractivity contribution in [3.05, 3.63) is 72.0 Å². The molecule has 1 aliphatic rings. The Morgan fingerprint density at radius 2 is 1.77 bits per heavy atom. The van der Waals surface area contributed by atoms with Crippen LogP contribution >= 0.6 is 0 Å². The third-order valence-corrected chi connectivity index (χ3v) is 5.53. The average molecular weight is 406 g/mol. The van der Waals surface area contributed by atoms with Crippen LogP contribution in [0, 0.1) is 11.7 Å². The summed E-state index contributed by atoms with van der Waals surface area (Å²) in [5.41, 5.74) is 1.15. The molecule has 0 radical (unpaired) electrons. The van der Waals surface area contributed by atoms with E-state index in [-0.39, 0.29) is 23.5 Å². The van der Waals surface area contributed by atoms with E-state index in [1.165, 1.54) is 24.3 Å². The number of nitrogens with one attached hydrogen (secondary N) is 1. The van der Waals surface area contributed by atoms with Gasteiger partial charge in [0.15, 0.2) is 0 Å². The van der Waals surface area contributed by atoms with E-state index in [0.29, 0.717) is 30.8 Å². The highest BCUT2D eigenvalue weighted by molar-refractivity contribution is 6.08. The van der Waals surface area contributed by atoms with Crippen LogP contribution < -0.4 is 10.1 Å². The molecule has 1 aliphatic heterocycles. The summed E-state index contributed by atoms with van der Waals surface area (Å²) in [6.45, 7) is 0.964. The number of fused-ring (bicyclic) bond motifs is 1. The molecule has 4 rings (SSSR count). The summed E-state index contributed by atoms with van der Waals surface area (Å²) < 4.78 is 18.5. The number of piperidine rings is 1. The Hall–Kier alpha value is -3.41. The lowest BCUT2D eigenvalue weighted by Crippen LogP contribution is -2.43. The van der Waals surface area contributed by atoms with Crippen LogP contribution in [0.2, 0.25) is 0 Å². The molecule has 30 heavy (non-hydrogen) atoms. The molecule has 154 valence electrons. The number of carbonyl (C=O) groups excluding carboxylic acids is 2. The molecule has 0 aliphatic carbocycles. The van der Waals surface area contributed by atoms with Crippen LogP contribution in [-0.4, -0.2) is 36.9 Å². The van der Waals surface area contributed by atoms with E-state index in [1.54, 1.807) is 24.1 Å². The van der Waals surface area contributed by atoms with Gasteiger partial charge >= 0.3 is 0 Å². The largest absolute Gasteiger partial charge is 0.496 e. The Morgan fingerprint density at radius 1 is 1.03 bits per heavy atom. The topological polar surface area (TPSA) is 58.6 Å². The molecule has 1 heterocycles. The molecule has 2 amide bonds. The molecule has 1 saturated heterocycles. The number of carbonyl (C=O) groups is 2. The SMILES string of the molecule is COc1ccc(C(=O)N2CCC[C@@H](C(=O)Nc3ccc(F)cc3)C2)c2ccccc12. The molecule has 6 heteroatoms. The van der Waals surface area contributed by atoms with E-state index < -0.39 is 0 Å². The normalized spacial score (nSPS) is 16.3. The predicted molar refractivity (Wildman–Crippen MR) is 114 cm³/mol. The molecule has 3 aromatic rings. The number of anilines is 1. The third-order valence-electron chi connectivity index (χ3n) is 5.53. The van der Waals surface area contributed by atoms with Gasteiger partial charge in [-0.2, -0.15) is 0 Å². The minimum absolute atomic E-state index is 0.0897. The maximum absolute atomic E-state index is 13.3. The molecule has 0 saturated carbocycles. The highest BCUT2D eigenvalue weighted by Crippen LogP contribution is 2.30. The van der Waals surface area contributed by atoms with E-state index >= 15 is 0 Å². The fourth-order valence-corrected chi connectivity index (χ4v) is 3.96. The number of rotatable bonds is 4. The second-order valence-corrected chi connectivity index (χ2v) is 7.45. The van der Waals surface area contributed by atoms with Crippen molar-refractivity contribution in [3.8, 4) is 5.75 Å². The van der Waals surface area contributed by atoms with E-state index in [0.717, 1.165) is 22.9 Å². The number of halogens is 1. The number of hydrogen-bond donors (Lipinski definition) is 1. The molecule has 0 spiro atoms. The molecule has 1 atom stereocenters. The van der Waals surface area contributed by atoms with Crippen LogP contribution in [0.4, 0.5) is 10.1 Å². The van der Waals surface area contributed by atoms with Crippen molar-refractivity contribution in [2.45, 2.75) is 12.8 Å². The summed E-state index contributed by atoms with van der Waals surface area (Å²) in [5.74, 6) is -0.185. The van der Waals surface area contributed by atoms with Crippen molar-refractivity contribution in [3.63, 3.8) is 0 Å². The van der Waals surface area contributed by atoms with Crippen molar-refractivity contribution in [2.24, 2.45) is 5.92 Å². The molecular weight excluding hydrogens is 383 g/mol. The number of nitrogens with zero attached hydrogens (tertiary/aromatic N) is 1. The Morgan fingerprint density at radius 3 is 2.50 bits per heavy atom. The first-order valence-corrected chi connectivity index (χ1v) is 9.98. The number of hydrogen-bond acceptors (Lipinski definition) is 3. The van der Waals surface area contributed by atoms with Crippen molar-refractivity contribution < 1.29 is 18.7 Å². The van der Waals surface area contributed by atoms with E-state index in [4.69, 9.17) is 4.74 Å². The van der Waals surface area contributed by atoms with Crippen molar-refractivity contribution >= 4 is 28.3 Å². The van der Waals surface area contributed by atoms with Crippen molar-refractivity contribution in [1.82, 2.24) is 4.90 Å². The third kappa shape index (κ3) is 3.99. The second-order valence-electron chi connectivity index (χ2n) is 7.45. The van der Waals surface area contributed by atoms with Gasteiger partial charge in [0.05, 0.1) is 13.0 Å². The van der Waals surface area contributed by atoms with Gasteiger partial charge in [-0.25, -0.2) is 4.39 Å². The molecular formula is C24H23FN2O3. The molecule has 0 bridgehead atoms. The minimum atomic E-state index is -0.353. The predicted octanol–water partition coefficient (Wildman–Crippen LogP) is 4.48. The minimum Gasteiger partial charge on any atom is -0.496 e. The van der Waals surface area contributed by atoms with Crippen LogP contribution in [0.5, 0.6) is 5.75 Å². The van der Waals surface area contributed by atoms with Gasteiger partial charge in [0.1, 0.15) is 11.6 Å². The van der Waals surface area contributed by atoms with Gasteiger partial charge in [-0.05, 0) is 54.6 Å². The molecule has 3 aromatic carbocycles. The summed E-state index contributed by atoms with van der Waals surface area (Å²) in [7, 11) is 1.61. The van der Waals surface area contributed by atoms with Crippen molar-refractivity contribution in [1.29, 1.82) is 0 Å². The zero-order valence-electron chi connectivity index (χ0n) is 16.7. The maximum Gasteiger partial charge on any atom is 0.254 e. The van der Waals surface area contributed by atoms with Gasteiger partial charge in [0, 0.05) is 29.7 Å². The van der Waals surface area contributed by atoms with Crippen LogP contribution in [0.3, 0.4) is 0 Å². The molecule has 0 unspecified atom stereocenters. The van der Waals surface area contributed by atoms with Crippen LogP contribution in [0.25, 0.3) is 10.8 Å². The monoisotopic (exact) mass is 406 g/mol. The summed E-state index contributed by atoms with van der Waals surface area (Å²) in [4.78, 5) is 27.7. The highest BCUT2D eigenvalue weighted by atomic mass is 19.1. The molecule has 1 N–H and O–H groups in total. The first kappa shape index (κ1) is 19.9. The Balaban J connectivity index is 1.52. The zero-order chi connectivity index (χ0) is 21.1. The quantitative estimate of drug-likeness (QED) is 0.695. The van der Waals surface area contributed by atoms with E-state index in [1.807, 2.05) is 24.3 Å². The lowest BCUT2D eigenvalue weighted by atomic mass is 9.95. The fourth-order valence-electron chi connectivity index (χ4n) is 3.96. The van der Waals surface area contributed by atoms with E-state index in [2.05, 4.69) is 5.32 Å². The van der Waals surface area contributed by atoms with Gasteiger partial charge in [-0.15, -0.1) is 0 Å². The summed E-state index contributed by atoms with van der Waals surface area (Å²) >= 11 is 0. The lowest BCUT2D eigenvalue weighted by Gasteiger charge is -2.32. The van der Waals surface area contributed by atoms with Gasteiger partial charge in [-0.3, -0.25) is 9.59 Å². The number of ether oxygens (including phenoxy) is 1. The molecule has 5 nitrogen and oxygen atoms in total. The zero-order valence-corrected chi connectivity index (χ0v) is 16.7.